The lowest BCUT2D eigenvalue weighted by Crippen LogP contribution is -2.30. The molecule has 1 aromatic rings. The Morgan fingerprint density at radius 3 is 2.40 bits per heavy atom. The molecular weight excluding hydrogens is 339 g/mol. The Morgan fingerprint density at radius 2 is 2.00 bits per heavy atom. The van der Waals surface area contributed by atoms with Crippen molar-refractivity contribution in [3.63, 3.8) is 0 Å². The Kier molecular flexibility index (Phi) is 5.45. The molecule has 0 fully saturated rings. The van der Waals surface area contributed by atoms with E-state index in [9.17, 15) is 26.4 Å². The number of hydrogen-bond acceptors (Lipinski definition) is 4. The molecule has 0 radical (unpaired) electrons. The van der Waals surface area contributed by atoms with Gasteiger partial charge in [-0.15, -0.1) is 11.3 Å². The lowest BCUT2D eigenvalue weighted by Gasteiger charge is -2.14. The van der Waals surface area contributed by atoms with Gasteiger partial charge in [-0.2, -0.15) is 13.2 Å². The third kappa shape index (κ3) is 5.29. The number of carbonyl (C=O) groups is 1. The fourth-order valence-electron chi connectivity index (χ4n) is 1.46. The van der Waals surface area contributed by atoms with Crippen LogP contribution in [-0.4, -0.2) is 26.3 Å². The molecular formula is C10H11ClF3NO3S2. The van der Waals surface area contributed by atoms with Gasteiger partial charge in [0, 0.05) is 6.42 Å². The number of alkyl halides is 3. The summed E-state index contributed by atoms with van der Waals surface area (Å²) in [7, 11) is -3.89. The summed E-state index contributed by atoms with van der Waals surface area (Å²) < 4.78 is 60.4. The van der Waals surface area contributed by atoms with Crippen LogP contribution in [0.4, 0.5) is 13.2 Å². The van der Waals surface area contributed by atoms with Gasteiger partial charge in [-0.3, -0.25) is 4.79 Å². The van der Waals surface area contributed by atoms with Crippen molar-refractivity contribution < 1.29 is 26.4 Å². The summed E-state index contributed by atoms with van der Waals surface area (Å²) in [5.41, 5.74) is 4.96. The number of sulfone groups is 1. The van der Waals surface area contributed by atoms with Crippen LogP contribution in [0.1, 0.15) is 12.8 Å². The third-order valence-electron chi connectivity index (χ3n) is 2.45. The fraction of sp³-hybridized carbons (Fsp3) is 0.500. The summed E-state index contributed by atoms with van der Waals surface area (Å²) in [4.78, 5) is 11.1. The molecule has 0 aromatic carbocycles. The predicted octanol–water partition coefficient (Wildman–Crippen LogP) is 2.62. The van der Waals surface area contributed by atoms with E-state index in [1.807, 2.05) is 0 Å². The number of primary amides is 1. The van der Waals surface area contributed by atoms with E-state index in [2.05, 4.69) is 0 Å². The van der Waals surface area contributed by atoms with E-state index in [0.717, 1.165) is 11.3 Å². The Labute approximate surface area is 122 Å². The summed E-state index contributed by atoms with van der Waals surface area (Å²) in [6.07, 6.45) is -6.39. The van der Waals surface area contributed by atoms with Gasteiger partial charge in [-0.1, -0.05) is 11.6 Å². The lowest BCUT2D eigenvalue weighted by molar-refractivity contribution is -0.139. The molecule has 114 valence electrons. The monoisotopic (exact) mass is 349 g/mol. The molecule has 1 amide bonds. The number of halogens is 4. The van der Waals surface area contributed by atoms with E-state index in [4.69, 9.17) is 17.3 Å². The van der Waals surface area contributed by atoms with Gasteiger partial charge in [0.25, 0.3) is 0 Å². The lowest BCUT2D eigenvalue weighted by atomic mass is 10.1. The van der Waals surface area contributed by atoms with Gasteiger partial charge in [0.2, 0.25) is 5.91 Å². The van der Waals surface area contributed by atoms with Gasteiger partial charge in [-0.05, 0) is 18.6 Å². The van der Waals surface area contributed by atoms with Gasteiger partial charge in [-0.25, -0.2) is 8.42 Å². The second-order valence-electron chi connectivity index (χ2n) is 4.09. The van der Waals surface area contributed by atoms with Crippen LogP contribution in [0.5, 0.6) is 0 Å². The largest absolute Gasteiger partial charge is 0.389 e. The van der Waals surface area contributed by atoms with Crippen molar-refractivity contribution in [2.24, 2.45) is 11.7 Å². The van der Waals surface area contributed by atoms with Crippen molar-refractivity contribution in [2.75, 3.05) is 5.75 Å². The smallest absolute Gasteiger partial charge is 0.369 e. The number of hydrogen-bond donors (Lipinski definition) is 1. The van der Waals surface area contributed by atoms with Gasteiger partial charge >= 0.3 is 6.18 Å². The van der Waals surface area contributed by atoms with Crippen LogP contribution in [0.15, 0.2) is 16.3 Å². The van der Waals surface area contributed by atoms with Crippen LogP contribution in [0.3, 0.4) is 0 Å². The van der Waals surface area contributed by atoms with E-state index in [1.165, 1.54) is 12.1 Å². The van der Waals surface area contributed by atoms with Crippen LogP contribution in [0.25, 0.3) is 0 Å². The summed E-state index contributed by atoms with van der Waals surface area (Å²) in [5.74, 6) is -3.21. The quantitative estimate of drug-likeness (QED) is 0.857. The fourth-order valence-corrected chi connectivity index (χ4v) is 4.65. The molecule has 2 N–H and O–H groups in total. The zero-order valence-electron chi connectivity index (χ0n) is 9.98. The normalized spacial score (nSPS) is 14.2. The number of carbonyl (C=O) groups excluding carboxylic acids is 1. The van der Waals surface area contributed by atoms with Crippen LogP contribution in [-0.2, 0) is 14.6 Å². The molecule has 4 nitrogen and oxygen atoms in total. The first kappa shape index (κ1) is 17.3. The third-order valence-corrected chi connectivity index (χ3v) is 6.08. The number of nitrogens with two attached hydrogens (primary N) is 1. The molecule has 0 aliphatic carbocycles. The first-order valence-corrected chi connectivity index (χ1v) is 8.20. The summed E-state index contributed by atoms with van der Waals surface area (Å²) >= 11 is 6.38. The van der Waals surface area contributed by atoms with Crippen molar-refractivity contribution in [2.45, 2.75) is 23.2 Å². The minimum absolute atomic E-state index is 0.0965. The molecule has 0 spiro atoms. The maximum Gasteiger partial charge on any atom is 0.389 e. The Bertz CT molecular complexity index is 583. The Morgan fingerprint density at radius 1 is 1.40 bits per heavy atom. The molecule has 0 bridgehead atoms. The number of amides is 1. The molecule has 1 heterocycles. The molecule has 1 atom stereocenters. The predicted molar refractivity (Wildman–Crippen MR) is 69.4 cm³/mol. The number of thiophene rings is 1. The van der Waals surface area contributed by atoms with E-state index >= 15 is 0 Å². The average Bonchev–Trinajstić information content (AvgIpc) is 2.70. The Hall–Kier alpha value is -0.800. The highest BCUT2D eigenvalue weighted by Gasteiger charge is 2.32. The maximum atomic E-state index is 12.1. The number of rotatable bonds is 6. The SMILES string of the molecule is NC(=O)[C@@H](CCC(F)(F)F)CS(=O)(=O)c1ccc(Cl)s1. The molecule has 0 saturated carbocycles. The summed E-state index contributed by atoms with van der Waals surface area (Å²) in [5, 5.41) is 0. The molecule has 0 aliphatic heterocycles. The van der Waals surface area contributed by atoms with Gasteiger partial charge in [0.15, 0.2) is 9.84 Å². The van der Waals surface area contributed by atoms with Crippen molar-refractivity contribution in [3.05, 3.63) is 16.5 Å². The van der Waals surface area contributed by atoms with E-state index < -0.39 is 46.4 Å². The molecule has 10 heteroatoms. The van der Waals surface area contributed by atoms with Crippen molar-refractivity contribution in [1.29, 1.82) is 0 Å². The highest BCUT2D eigenvalue weighted by molar-refractivity contribution is 7.93. The average molecular weight is 350 g/mol. The van der Waals surface area contributed by atoms with Crippen LogP contribution in [0, 0.1) is 5.92 Å². The zero-order valence-corrected chi connectivity index (χ0v) is 12.4. The van der Waals surface area contributed by atoms with Crippen molar-refractivity contribution in [3.8, 4) is 0 Å². The van der Waals surface area contributed by atoms with E-state index in [0.29, 0.717) is 0 Å². The molecule has 1 rings (SSSR count). The van der Waals surface area contributed by atoms with Crippen molar-refractivity contribution in [1.82, 2.24) is 0 Å². The van der Waals surface area contributed by atoms with Crippen molar-refractivity contribution >= 4 is 38.7 Å². The van der Waals surface area contributed by atoms with E-state index in [1.54, 1.807) is 0 Å². The minimum Gasteiger partial charge on any atom is -0.369 e. The minimum atomic E-state index is -4.47. The molecule has 20 heavy (non-hydrogen) atoms. The molecule has 0 aliphatic rings. The van der Waals surface area contributed by atoms with Gasteiger partial charge < -0.3 is 5.73 Å². The molecule has 0 unspecified atom stereocenters. The summed E-state index contributed by atoms with van der Waals surface area (Å²) in [6.45, 7) is 0. The first-order chi connectivity index (χ1) is 9.01. The van der Waals surface area contributed by atoms with E-state index in [-0.39, 0.29) is 8.55 Å². The topological polar surface area (TPSA) is 77.2 Å². The zero-order chi connectivity index (χ0) is 15.6. The van der Waals surface area contributed by atoms with Gasteiger partial charge in [0.05, 0.1) is 16.0 Å². The highest BCUT2D eigenvalue weighted by Crippen LogP contribution is 2.29. The van der Waals surface area contributed by atoms with Crippen LogP contribution >= 0.6 is 22.9 Å². The van der Waals surface area contributed by atoms with Crippen LogP contribution < -0.4 is 5.73 Å². The second kappa shape index (κ2) is 6.31. The molecule has 1 aromatic heterocycles. The molecule has 0 saturated heterocycles. The van der Waals surface area contributed by atoms with Crippen LogP contribution in [0.2, 0.25) is 4.34 Å². The maximum absolute atomic E-state index is 12.1. The standard InChI is InChI=1S/C10H11ClF3NO3S2/c11-7-1-2-8(19-7)20(17,18)5-6(9(15)16)3-4-10(12,13)14/h1-2,6H,3-5H2,(H2,15,16)/t6-/m0/s1. The second-order valence-corrected chi connectivity index (χ2v) is 8.07. The highest BCUT2D eigenvalue weighted by atomic mass is 35.5. The van der Waals surface area contributed by atoms with Gasteiger partial charge in [0.1, 0.15) is 4.21 Å². The Balaban J connectivity index is 2.83. The first-order valence-electron chi connectivity index (χ1n) is 5.35. The summed E-state index contributed by atoms with van der Waals surface area (Å²) in [6, 6.07) is 2.60.